The predicted molar refractivity (Wildman–Crippen MR) is 142 cm³/mol. The number of carbonyl (C=O) groups excluding carboxylic acids is 1. The van der Waals surface area contributed by atoms with Gasteiger partial charge in [0.05, 0.1) is 17.4 Å². The summed E-state index contributed by atoms with van der Waals surface area (Å²) in [4.78, 5) is 18.2. The van der Waals surface area contributed by atoms with E-state index in [1.165, 1.54) is 5.56 Å². The third-order valence-electron chi connectivity index (χ3n) is 6.26. The lowest BCUT2D eigenvalue weighted by molar-refractivity contribution is 0.0968. The molecular formula is C31H30N2O2. The van der Waals surface area contributed by atoms with Gasteiger partial charge in [0.25, 0.3) is 5.91 Å². The molecule has 35 heavy (non-hydrogen) atoms. The van der Waals surface area contributed by atoms with Crippen LogP contribution in [0.2, 0.25) is 0 Å². The maximum Gasteiger partial charge on any atom is 0.262 e. The number of rotatable bonds is 6. The predicted octanol–water partition coefficient (Wildman–Crippen LogP) is 7.15. The van der Waals surface area contributed by atoms with Gasteiger partial charge in [-0.3, -0.25) is 9.69 Å². The summed E-state index contributed by atoms with van der Waals surface area (Å²) in [5.74, 6) is 0.823. The molecule has 0 radical (unpaired) electrons. The van der Waals surface area contributed by atoms with Crippen LogP contribution in [0, 0.1) is 6.92 Å². The maximum atomic E-state index is 14.0. The van der Waals surface area contributed by atoms with Crippen LogP contribution in [-0.4, -0.2) is 12.0 Å². The van der Waals surface area contributed by atoms with Gasteiger partial charge in [-0.05, 0) is 68.3 Å². The van der Waals surface area contributed by atoms with Crippen LogP contribution in [0.5, 0.6) is 5.75 Å². The number of fused-ring (bicyclic) bond motifs is 1. The number of anilines is 2. The van der Waals surface area contributed by atoms with Gasteiger partial charge in [-0.2, -0.15) is 0 Å². The average Bonchev–Trinajstić information content (AvgIpc) is 2.87. The van der Waals surface area contributed by atoms with Gasteiger partial charge in [-0.25, -0.2) is 0 Å². The third-order valence-corrected chi connectivity index (χ3v) is 6.26. The highest BCUT2D eigenvalue weighted by atomic mass is 16.5. The van der Waals surface area contributed by atoms with Gasteiger partial charge in [0.1, 0.15) is 11.9 Å². The highest BCUT2D eigenvalue weighted by Gasteiger charge is 2.39. The summed E-state index contributed by atoms with van der Waals surface area (Å²) in [6.45, 7) is 6.77. The topological polar surface area (TPSA) is 32.8 Å². The second kappa shape index (κ2) is 9.67. The Morgan fingerprint density at radius 3 is 2.14 bits per heavy atom. The molecule has 0 fully saturated rings. The highest BCUT2D eigenvalue weighted by molar-refractivity contribution is 6.12. The van der Waals surface area contributed by atoms with Gasteiger partial charge >= 0.3 is 0 Å². The number of carbonyl (C=O) groups is 1. The van der Waals surface area contributed by atoms with Crippen molar-refractivity contribution in [2.75, 3.05) is 9.80 Å². The zero-order chi connectivity index (χ0) is 24.4. The molecule has 4 aromatic carbocycles. The summed E-state index contributed by atoms with van der Waals surface area (Å²) >= 11 is 0. The molecule has 0 saturated heterocycles. The molecule has 4 nitrogen and oxygen atoms in total. The molecule has 0 saturated carbocycles. The molecule has 0 spiro atoms. The Labute approximate surface area is 207 Å². The molecule has 176 valence electrons. The average molecular weight is 463 g/mol. The second-order valence-corrected chi connectivity index (χ2v) is 9.25. The largest absolute Gasteiger partial charge is 0.491 e. The van der Waals surface area contributed by atoms with E-state index >= 15 is 0 Å². The molecule has 0 aromatic heterocycles. The normalized spacial score (nSPS) is 15.3. The van der Waals surface area contributed by atoms with Gasteiger partial charge in [0, 0.05) is 12.2 Å². The van der Waals surface area contributed by atoms with E-state index in [1.54, 1.807) is 0 Å². The first kappa shape index (κ1) is 22.7. The molecule has 1 heterocycles. The Bertz CT molecular complexity index is 1300. The number of hydrogen-bond donors (Lipinski definition) is 0. The molecule has 1 aliphatic rings. The number of amides is 1. The van der Waals surface area contributed by atoms with Gasteiger partial charge in [-0.15, -0.1) is 0 Å². The van der Waals surface area contributed by atoms with Crippen molar-refractivity contribution in [2.24, 2.45) is 0 Å². The maximum absolute atomic E-state index is 14.0. The van der Waals surface area contributed by atoms with Crippen molar-refractivity contribution in [1.82, 2.24) is 0 Å². The number of benzene rings is 4. The minimum atomic E-state index is -0.312. The Kier molecular flexibility index (Phi) is 6.28. The first-order valence-electron chi connectivity index (χ1n) is 12.1. The third kappa shape index (κ3) is 4.65. The summed E-state index contributed by atoms with van der Waals surface area (Å²) in [6.07, 6.45) is -0.212. The summed E-state index contributed by atoms with van der Waals surface area (Å²) in [7, 11) is 0. The van der Waals surface area contributed by atoms with Crippen LogP contribution >= 0.6 is 0 Å². The highest BCUT2D eigenvalue weighted by Crippen LogP contribution is 2.42. The number of ether oxygens (including phenoxy) is 1. The van der Waals surface area contributed by atoms with Crippen LogP contribution in [0.1, 0.15) is 47.1 Å². The Morgan fingerprint density at radius 1 is 0.800 bits per heavy atom. The smallest absolute Gasteiger partial charge is 0.262 e. The van der Waals surface area contributed by atoms with Crippen molar-refractivity contribution in [1.29, 1.82) is 0 Å². The van der Waals surface area contributed by atoms with Crippen LogP contribution in [0.3, 0.4) is 0 Å². The van der Waals surface area contributed by atoms with E-state index in [0.29, 0.717) is 12.1 Å². The molecule has 0 aliphatic carbocycles. The van der Waals surface area contributed by atoms with E-state index in [4.69, 9.17) is 4.74 Å². The van der Waals surface area contributed by atoms with Gasteiger partial charge in [0.15, 0.2) is 0 Å². The molecular weight excluding hydrogens is 432 g/mol. The first-order valence-corrected chi connectivity index (χ1v) is 12.1. The molecule has 4 aromatic rings. The number of nitrogens with zero attached hydrogens (tertiary/aromatic N) is 2. The summed E-state index contributed by atoms with van der Waals surface area (Å²) < 4.78 is 5.89. The van der Waals surface area contributed by atoms with Gasteiger partial charge in [0.2, 0.25) is 0 Å². The van der Waals surface area contributed by atoms with Gasteiger partial charge in [-0.1, -0.05) is 72.3 Å². The fourth-order valence-electron chi connectivity index (χ4n) is 4.65. The van der Waals surface area contributed by atoms with Crippen molar-refractivity contribution in [2.45, 2.75) is 39.6 Å². The van der Waals surface area contributed by atoms with Crippen LogP contribution in [0.4, 0.5) is 11.4 Å². The van der Waals surface area contributed by atoms with E-state index in [9.17, 15) is 4.79 Å². The lowest BCUT2D eigenvalue weighted by atomic mass is 9.99. The molecule has 1 amide bonds. The Hall–Kier alpha value is -4.05. The number of para-hydroxylation sites is 1. The Morgan fingerprint density at radius 2 is 1.46 bits per heavy atom. The van der Waals surface area contributed by atoms with E-state index in [-0.39, 0.29) is 18.2 Å². The fraction of sp³-hybridized carbons (Fsp3) is 0.194. The van der Waals surface area contributed by atoms with Crippen molar-refractivity contribution in [3.8, 4) is 5.75 Å². The zero-order valence-electron chi connectivity index (χ0n) is 20.4. The molecule has 0 bridgehead atoms. The van der Waals surface area contributed by atoms with E-state index in [0.717, 1.165) is 28.3 Å². The van der Waals surface area contributed by atoms with Gasteiger partial charge < -0.3 is 9.64 Å². The summed E-state index contributed by atoms with van der Waals surface area (Å²) in [6, 6.07) is 34.6. The zero-order valence-corrected chi connectivity index (χ0v) is 20.4. The standard InChI is InChI=1S/C31H30N2O2/c1-22(2)35-27-19-15-25(16-20-27)30-32(21-24-9-5-4-6-10-24)29-12-8-7-11-28(29)31(34)33(30)26-17-13-23(3)14-18-26/h4-20,22,30H,21H2,1-3H3/t30-/m0/s1. The summed E-state index contributed by atoms with van der Waals surface area (Å²) in [5, 5.41) is 0. The van der Waals surface area contributed by atoms with Crippen molar-refractivity contribution in [3.05, 3.63) is 125 Å². The Balaban J connectivity index is 1.67. The molecule has 0 unspecified atom stereocenters. The quantitative estimate of drug-likeness (QED) is 0.305. The van der Waals surface area contributed by atoms with E-state index in [2.05, 4.69) is 60.4 Å². The molecule has 1 atom stereocenters. The monoisotopic (exact) mass is 462 g/mol. The fourth-order valence-corrected chi connectivity index (χ4v) is 4.65. The minimum absolute atomic E-state index is 0.00118. The van der Waals surface area contributed by atoms with Crippen LogP contribution in [0.15, 0.2) is 103 Å². The van der Waals surface area contributed by atoms with Crippen LogP contribution in [-0.2, 0) is 6.54 Å². The second-order valence-electron chi connectivity index (χ2n) is 9.25. The van der Waals surface area contributed by atoms with E-state index < -0.39 is 0 Å². The molecule has 4 heteroatoms. The molecule has 0 N–H and O–H groups in total. The number of aryl methyl sites for hydroxylation is 1. The van der Waals surface area contributed by atoms with Crippen molar-refractivity contribution < 1.29 is 9.53 Å². The van der Waals surface area contributed by atoms with E-state index in [1.807, 2.05) is 73.3 Å². The van der Waals surface area contributed by atoms with Crippen molar-refractivity contribution in [3.63, 3.8) is 0 Å². The minimum Gasteiger partial charge on any atom is -0.491 e. The SMILES string of the molecule is Cc1ccc(N2C(=O)c3ccccc3N(Cc3ccccc3)[C@@H]2c2ccc(OC(C)C)cc2)cc1. The van der Waals surface area contributed by atoms with Crippen LogP contribution in [0.25, 0.3) is 0 Å². The molecule has 5 rings (SSSR count). The van der Waals surface area contributed by atoms with Crippen LogP contribution < -0.4 is 14.5 Å². The molecule has 1 aliphatic heterocycles. The first-order chi connectivity index (χ1) is 17.0. The van der Waals surface area contributed by atoms with Crippen molar-refractivity contribution >= 4 is 17.3 Å². The summed E-state index contributed by atoms with van der Waals surface area (Å²) in [5.41, 5.74) is 5.90. The number of hydrogen-bond acceptors (Lipinski definition) is 3. The lowest BCUT2D eigenvalue weighted by Gasteiger charge is -2.46. The lowest BCUT2D eigenvalue weighted by Crippen LogP contribution is -2.49.